The van der Waals surface area contributed by atoms with Crippen molar-refractivity contribution in [2.24, 2.45) is 5.14 Å². The van der Waals surface area contributed by atoms with Crippen molar-refractivity contribution >= 4 is 15.8 Å². The molecule has 0 atom stereocenters. The summed E-state index contributed by atoms with van der Waals surface area (Å²) in [5.74, 6) is -0.290. The maximum absolute atomic E-state index is 13.9. The van der Waals surface area contributed by atoms with E-state index in [0.717, 1.165) is 40.7 Å². The molecule has 0 aliphatic carbocycles. The molecule has 0 fully saturated rings. The van der Waals surface area contributed by atoms with E-state index in [-0.39, 0.29) is 23.4 Å². The summed E-state index contributed by atoms with van der Waals surface area (Å²) in [6, 6.07) is 10.6. The summed E-state index contributed by atoms with van der Waals surface area (Å²) in [7, 11) is -1.03. The first-order chi connectivity index (χ1) is 19.4. The van der Waals surface area contributed by atoms with Gasteiger partial charge in [-0.2, -0.15) is 36.1 Å². The van der Waals surface area contributed by atoms with Gasteiger partial charge in [-0.1, -0.05) is 6.08 Å². The Labute approximate surface area is 234 Å². The van der Waals surface area contributed by atoms with Gasteiger partial charge in [0.25, 0.3) is 10.2 Å². The van der Waals surface area contributed by atoms with Crippen molar-refractivity contribution < 1.29 is 35.5 Å². The molecule has 3 N–H and O–H groups in total. The van der Waals surface area contributed by atoms with Gasteiger partial charge in [-0.05, 0) is 59.7 Å². The monoisotopic (exact) mass is 593 g/mol. The van der Waals surface area contributed by atoms with E-state index in [9.17, 15) is 26.0 Å². The molecule has 218 valence electrons. The summed E-state index contributed by atoms with van der Waals surface area (Å²) in [6.07, 6.45) is -0.310. The van der Waals surface area contributed by atoms with Crippen molar-refractivity contribution in [1.29, 1.82) is 0 Å². The van der Waals surface area contributed by atoms with Crippen LogP contribution in [-0.2, 0) is 16.4 Å². The molecule has 0 saturated carbocycles. The summed E-state index contributed by atoms with van der Waals surface area (Å²) in [5, 5.41) is 16.5. The van der Waals surface area contributed by atoms with E-state index >= 15 is 0 Å². The Kier molecular flexibility index (Phi) is 8.95. The molecule has 5 rings (SSSR count). The van der Waals surface area contributed by atoms with E-state index < -0.39 is 27.8 Å². The predicted molar refractivity (Wildman–Crippen MR) is 144 cm³/mol. The average Bonchev–Trinajstić information content (AvgIpc) is 2.96. The van der Waals surface area contributed by atoms with Crippen LogP contribution < -0.4 is 19.9 Å². The smallest absolute Gasteiger partial charge is 0.416 e. The number of dihydropyridines is 1. The maximum atomic E-state index is 13.9. The molecule has 1 aromatic heterocycles. The first-order valence-electron chi connectivity index (χ1n) is 12.2. The molecule has 0 unspecified atom stereocenters. The van der Waals surface area contributed by atoms with E-state index in [0.29, 0.717) is 25.3 Å². The second-order valence-electron chi connectivity index (χ2n) is 8.99. The zero-order valence-corrected chi connectivity index (χ0v) is 22.9. The molecule has 2 aliphatic rings. The summed E-state index contributed by atoms with van der Waals surface area (Å²) >= 11 is 0. The Morgan fingerprint density at radius 3 is 2.44 bits per heavy atom. The normalized spacial score (nSPS) is 15.6. The number of ether oxygens (including phenoxy) is 2. The number of benzene rings is 2. The van der Waals surface area contributed by atoms with Gasteiger partial charge in [0, 0.05) is 49.1 Å². The molecule has 0 spiro atoms. The van der Waals surface area contributed by atoms with E-state index in [1.807, 2.05) is 18.2 Å². The van der Waals surface area contributed by atoms with Crippen LogP contribution in [0.15, 0.2) is 72.1 Å². The van der Waals surface area contributed by atoms with Crippen molar-refractivity contribution in [1.82, 2.24) is 19.8 Å². The highest BCUT2D eigenvalue weighted by atomic mass is 32.2. The van der Waals surface area contributed by atoms with Crippen LogP contribution in [0.25, 0.3) is 16.7 Å². The molecule has 0 bridgehead atoms. The lowest BCUT2D eigenvalue weighted by atomic mass is 9.94. The van der Waals surface area contributed by atoms with Crippen LogP contribution in [-0.4, -0.2) is 56.8 Å². The summed E-state index contributed by atoms with van der Waals surface area (Å²) in [6.45, 7) is 1.38. The highest BCUT2D eigenvalue weighted by Crippen LogP contribution is 2.37. The molecule has 0 saturated heterocycles. The number of hydrogen-bond donors (Lipinski definition) is 2. The van der Waals surface area contributed by atoms with Gasteiger partial charge >= 0.3 is 6.18 Å². The molecule has 2 aromatic carbocycles. The fraction of sp³-hybridized carbons (Fsp3) is 0.259. The Bertz CT molecular complexity index is 1580. The van der Waals surface area contributed by atoms with Gasteiger partial charge < -0.3 is 14.8 Å². The Balaban J connectivity index is 0.000000189. The number of methoxy groups -OCH3 is 2. The predicted octanol–water partition coefficient (Wildman–Crippen LogP) is 4.16. The molecular weight excluding hydrogens is 566 g/mol. The zero-order chi connectivity index (χ0) is 29.8. The maximum Gasteiger partial charge on any atom is 0.416 e. The van der Waals surface area contributed by atoms with Gasteiger partial charge in [-0.3, -0.25) is 0 Å². The van der Waals surface area contributed by atoms with Gasteiger partial charge in [0.15, 0.2) is 0 Å². The average molecular weight is 594 g/mol. The molecule has 9 nitrogen and oxygen atoms in total. The molecular formula is C27H27F4N5O4S. The number of alkyl halides is 3. The minimum atomic E-state index is -4.54. The third-order valence-electron chi connectivity index (χ3n) is 6.42. The van der Waals surface area contributed by atoms with Crippen LogP contribution in [0.3, 0.4) is 0 Å². The highest BCUT2D eigenvalue weighted by Gasteiger charge is 2.32. The number of nitrogens with zero attached hydrogens (tertiary/aromatic N) is 3. The zero-order valence-electron chi connectivity index (χ0n) is 22.1. The van der Waals surface area contributed by atoms with Crippen molar-refractivity contribution in [2.75, 3.05) is 33.9 Å². The molecule has 41 heavy (non-hydrogen) atoms. The molecule has 3 heterocycles. The first-order valence-corrected chi connectivity index (χ1v) is 13.7. The first kappa shape index (κ1) is 30.0. The van der Waals surface area contributed by atoms with Crippen molar-refractivity contribution in [3.8, 4) is 22.6 Å². The number of rotatable bonds is 5. The third kappa shape index (κ3) is 7.20. The number of halogens is 4. The Morgan fingerprint density at radius 2 is 1.80 bits per heavy atom. The number of aromatic nitrogens is 2. The van der Waals surface area contributed by atoms with Gasteiger partial charge in [0.2, 0.25) is 0 Å². The lowest BCUT2D eigenvalue weighted by molar-refractivity contribution is -0.137. The van der Waals surface area contributed by atoms with Crippen molar-refractivity contribution in [2.45, 2.75) is 12.6 Å². The number of nitrogens with one attached hydrogen (secondary N) is 1. The second-order valence-corrected chi connectivity index (χ2v) is 10.5. The lowest BCUT2D eigenvalue weighted by Crippen LogP contribution is -2.43. The van der Waals surface area contributed by atoms with Crippen LogP contribution in [0.4, 0.5) is 17.6 Å². The van der Waals surface area contributed by atoms with Gasteiger partial charge in [-0.15, -0.1) is 0 Å². The minimum absolute atomic E-state index is 0.00189. The standard InChI is InChI=1S/C15H12F4O2.C12H15N5O2S/c1-20-11-3-4-14(16)13(8-11)9-5-10(15(17,18)19)7-12(6-9)21-2;13-20(18,19)17-7-4-11-10(8-17)9(3-6-14-11)12-2-1-5-15-16-12/h3-8H,1-2H3;1-3,5,14H,4,6-8H2,(H2,13,18,19). The number of hydrogen-bond acceptors (Lipinski definition) is 7. The van der Waals surface area contributed by atoms with Crippen LogP contribution in [0.2, 0.25) is 0 Å². The molecule has 2 aliphatic heterocycles. The Hall–Kier alpha value is -4.01. The molecule has 14 heteroatoms. The summed E-state index contributed by atoms with van der Waals surface area (Å²) < 4.78 is 86.6. The second kappa shape index (κ2) is 12.2. The van der Waals surface area contributed by atoms with E-state index in [4.69, 9.17) is 14.6 Å². The molecule has 0 radical (unpaired) electrons. The van der Waals surface area contributed by atoms with Crippen molar-refractivity contribution in [3.63, 3.8) is 0 Å². The highest BCUT2D eigenvalue weighted by molar-refractivity contribution is 7.86. The van der Waals surface area contributed by atoms with Crippen LogP contribution in [0, 0.1) is 5.82 Å². The van der Waals surface area contributed by atoms with Gasteiger partial charge in [0.05, 0.1) is 25.5 Å². The van der Waals surface area contributed by atoms with Crippen LogP contribution in [0.1, 0.15) is 17.7 Å². The summed E-state index contributed by atoms with van der Waals surface area (Å²) in [5.41, 5.74) is 2.85. The fourth-order valence-electron chi connectivity index (χ4n) is 4.39. The topological polar surface area (TPSA) is 120 Å². The third-order valence-corrected chi connectivity index (χ3v) is 7.45. The van der Waals surface area contributed by atoms with E-state index in [2.05, 4.69) is 15.5 Å². The Morgan fingerprint density at radius 1 is 1.05 bits per heavy atom. The molecule has 3 aromatic rings. The van der Waals surface area contributed by atoms with Crippen LogP contribution >= 0.6 is 0 Å². The minimum Gasteiger partial charge on any atom is -0.497 e. The summed E-state index contributed by atoms with van der Waals surface area (Å²) in [4.78, 5) is 0. The largest absolute Gasteiger partial charge is 0.497 e. The van der Waals surface area contributed by atoms with E-state index in [1.165, 1.54) is 36.7 Å². The van der Waals surface area contributed by atoms with Crippen molar-refractivity contribution in [3.05, 3.63) is 89.1 Å². The SMILES string of the molecule is COc1cc(-c2cc(OC)ccc2F)cc(C(F)(F)F)c1.NS(=O)(=O)N1CCC2=C(C1)C(c1cccnn1)=CCN2. The fourth-order valence-corrected chi connectivity index (χ4v) is 5.05. The van der Waals surface area contributed by atoms with Gasteiger partial charge in [0.1, 0.15) is 17.3 Å². The number of nitrogens with two attached hydrogens (primary N) is 1. The van der Waals surface area contributed by atoms with Gasteiger partial charge in [-0.25, -0.2) is 9.53 Å². The lowest BCUT2D eigenvalue weighted by Gasteiger charge is -2.32. The van der Waals surface area contributed by atoms with E-state index in [1.54, 1.807) is 6.20 Å². The molecule has 0 amide bonds. The quantitative estimate of drug-likeness (QED) is 0.427. The van der Waals surface area contributed by atoms with Crippen LogP contribution in [0.5, 0.6) is 11.5 Å².